The number of hydrogen-bond donors (Lipinski definition) is 2. The third-order valence-corrected chi connectivity index (χ3v) is 3.86. The first-order chi connectivity index (χ1) is 9.89. The van der Waals surface area contributed by atoms with Crippen molar-refractivity contribution in [2.24, 2.45) is 5.41 Å². The molecule has 1 aromatic carbocycles. The maximum absolute atomic E-state index is 13.2. The summed E-state index contributed by atoms with van der Waals surface area (Å²) in [6, 6.07) is 2.74. The molecule has 6 nitrogen and oxygen atoms in total. The SMILES string of the molecule is CCC(CC)(CO)CNC(=O)c1cc(F)ccc1[N+](=O)[O-]. The van der Waals surface area contributed by atoms with Crippen LogP contribution in [0.15, 0.2) is 18.2 Å². The van der Waals surface area contributed by atoms with Gasteiger partial charge >= 0.3 is 0 Å². The van der Waals surface area contributed by atoms with E-state index >= 15 is 0 Å². The van der Waals surface area contributed by atoms with Crippen molar-refractivity contribution in [3.8, 4) is 0 Å². The molecule has 0 aliphatic heterocycles. The van der Waals surface area contributed by atoms with Gasteiger partial charge in [-0.25, -0.2) is 4.39 Å². The van der Waals surface area contributed by atoms with E-state index in [2.05, 4.69) is 5.32 Å². The van der Waals surface area contributed by atoms with Crippen LogP contribution >= 0.6 is 0 Å². The van der Waals surface area contributed by atoms with Crippen LogP contribution in [0.3, 0.4) is 0 Å². The topological polar surface area (TPSA) is 92.5 Å². The molecule has 0 aliphatic carbocycles. The Morgan fingerprint density at radius 3 is 2.52 bits per heavy atom. The van der Waals surface area contributed by atoms with Gasteiger partial charge in [-0.15, -0.1) is 0 Å². The van der Waals surface area contributed by atoms with Gasteiger partial charge in [0.15, 0.2) is 0 Å². The largest absolute Gasteiger partial charge is 0.396 e. The van der Waals surface area contributed by atoms with Crippen molar-refractivity contribution in [3.05, 3.63) is 39.7 Å². The van der Waals surface area contributed by atoms with E-state index in [-0.39, 0.29) is 18.7 Å². The average molecular weight is 298 g/mol. The third kappa shape index (κ3) is 3.98. The Balaban J connectivity index is 2.95. The molecule has 0 unspecified atom stereocenters. The van der Waals surface area contributed by atoms with Gasteiger partial charge in [-0.2, -0.15) is 0 Å². The molecule has 0 aromatic heterocycles. The molecule has 7 heteroatoms. The number of nitro benzene ring substituents is 1. The number of hydrogen-bond acceptors (Lipinski definition) is 4. The first-order valence-electron chi connectivity index (χ1n) is 6.72. The van der Waals surface area contributed by atoms with E-state index in [1.807, 2.05) is 13.8 Å². The van der Waals surface area contributed by atoms with Gasteiger partial charge in [-0.1, -0.05) is 13.8 Å². The van der Waals surface area contributed by atoms with Crippen molar-refractivity contribution in [1.29, 1.82) is 0 Å². The van der Waals surface area contributed by atoms with Gasteiger partial charge in [-0.3, -0.25) is 14.9 Å². The average Bonchev–Trinajstić information content (AvgIpc) is 2.48. The minimum atomic E-state index is -0.729. The van der Waals surface area contributed by atoms with E-state index in [9.17, 15) is 24.4 Å². The lowest BCUT2D eigenvalue weighted by molar-refractivity contribution is -0.385. The number of carbonyl (C=O) groups excluding carboxylic acids is 1. The molecular weight excluding hydrogens is 279 g/mol. The zero-order valence-corrected chi connectivity index (χ0v) is 12.1. The Hall–Kier alpha value is -2.02. The monoisotopic (exact) mass is 298 g/mol. The lowest BCUT2D eigenvalue weighted by Crippen LogP contribution is -2.39. The number of aliphatic hydroxyl groups excluding tert-OH is 1. The fraction of sp³-hybridized carbons (Fsp3) is 0.500. The Morgan fingerprint density at radius 2 is 2.05 bits per heavy atom. The smallest absolute Gasteiger partial charge is 0.282 e. The number of aliphatic hydroxyl groups is 1. The van der Waals surface area contributed by atoms with Gasteiger partial charge in [0.25, 0.3) is 11.6 Å². The van der Waals surface area contributed by atoms with Crippen LogP contribution in [0.4, 0.5) is 10.1 Å². The molecule has 0 spiro atoms. The normalized spacial score (nSPS) is 11.2. The molecule has 1 aromatic rings. The predicted molar refractivity (Wildman–Crippen MR) is 75.5 cm³/mol. The first-order valence-corrected chi connectivity index (χ1v) is 6.72. The molecule has 0 atom stereocenters. The molecule has 1 rings (SSSR count). The summed E-state index contributed by atoms with van der Waals surface area (Å²) in [5.74, 6) is -1.44. The van der Waals surface area contributed by atoms with Crippen molar-refractivity contribution < 1.29 is 19.2 Å². The molecule has 0 saturated heterocycles. The quantitative estimate of drug-likeness (QED) is 0.596. The Morgan fingerprint density at radius 1 is 1.43 bits per heavy atom. The van der Waals surface area contributed by atoms with Crippen LogP contribution in [0.1, 0.15) is 37.0 Å². The van der Waals surface area contributed by atoms with Gasteiger partial charge in [0.05, 0.1) is 11.5 Å². The van der Waals surface area contributed by atoms with Crippen LogP contribution in [0.5, 0.6) is 0 Å². The number of halogens is 1. The molecule has 0 radical (unpaired) electrons. The minimum Gasteiger partial charge on any atom is -0.396 e. The standard InChI is InChI=1S/C14H19FN2O4/c1-3-14(4-2,9-18)8-16-13(19)11-7-10(15)5-6-12(11)17(20)21/h5-7,18H,3-4,8-9H2,1-2H3,(H,16,19). The van der Waals surface area contributed by atoms with Crippen molar-refractivity contribution in [3.63, 3.8) is 0 Å². The summed E-state index contributed by atoms with van der Waals surface area (Å²) in [7, 11) is 0. The van der Waals surface area contributed by atoms with E-state index in [1.54, 1.807) is 0 Å². The molecule has 116 valence electrons. The van der Waals surface area contributed by atoms with Crippen LogP contribution in [-0.2, 0) is 0 Å². The zero-order chi connectivity index (χ0) is 16.0. The van der Waals surface area contributed by atoms with Crippen molar-refractivity contribution in [1.82, 2.24) is 5.32 Å². The second-order valence-corrected chi connectivity index (χ2v) is 4.97. The van der Waals surface area contributed by atoms with E-state index in [0.717, 1.165) is 18.2 Å². The number of nitro groups is 1. The first kappa shape index (κ1) is 17.0. The number of carbonyl (C=O) groups is 1. The lowest BCUT2D eigenvalue weighted by Gasteiger charge is -2.29. The van der Waals surface area contributed by atoms with Crippen LogP contribution in [0.2, 0.25) is 0 Å². The van der Waals surface area contributed by atoms with Crippen LogP contribution in [0, 0.1) is 21.3 Å². The molecular formula is C14H19FN2O4. The van der Waals surface area contributed by atoms with Crippen molar-refractivity contribution >= 4 is 11.6 Å². The molecule has 0 fully saturated rings. The van der Waals surface area contributed by atoms with Gasteiger partial charge < -0.3 is 10.4 Å². The van der Waals surface area contributed by atoms with E-state index in [1.165, 1.54) is 0 Å². The molecule has 0 bridgehead atoms. The summed E-state index contributed by atoms with van der Waals surface area (Å²) in [5.41, 5.74) is -1.24. The summed E-state index contributed by atoms with van der Waals surface area (Å²) < 4.78 is 13.2. The maximum atomic E-state index is 13.2. The fourth-order valence-corrected chi connectivity index (χ4v) is 1.99. The minimum absolute atomic E-state index is 0.106. The van der Waals surface area contributed by atoms with Crippen LogP contribution < -0.4 is 5.32 Å². The summed E-state index contributed by atoms with van der Waals surface area (Å²) in [6.07, 6.45) is 1.29. The summed E-state index contributed by atoms with van der Waals surface area (Å²) in [4.78, 5) is 22.2. The molecule has 21 heavy (non-hydrogen) atoms. The summed E-state index contributed by atoms with van der Waals surface area (Å²) >= 11 is 0. The third-order valence-electron chi connectivity index (χ3n) is 3.86. The number of rotatable bonds is 7. The highest BCUT2D eigenvalue weighted by molar-refractivity contribution is 5.98. The number of nitrogens with zero attached hydrogens (tertiary/aromatic N) is 1. The predicted octanol–water partition coefficient (Wildman–Crippen LogP) is 2.26. The van der Waals surface area contributed by atoms with Gasteiger partial charge in [0, 0.05) is 18.0 Å². The zero-order valence-electron chi connectivity index (χ0n) is 12.1. The highest BCUT2D eigenvalue weighted by Crippen LogP contribution is 2.25. The molecule has 2 N–H and O–H groups in total. The Labute approximate surface area is 122 Å². The maximum Gasteiger partial charge on any atom is 0.282 e. The fourth-order valence-electron chi connectivity index (χ4n) is 1.99. The molecule has 0 heterocycles. The Kier molecular flexibility index (Phi) is 5.78. The van der Waals surface area contributed by atoms with E-state index in [0.29, 0.717) is 12.8 Å². The highest BCUT2D eigenvalue weighted by atomic mass is 19.1. The number of nitrogens with one attached hydrogen (secondary N) is 1. The van der Waals surface area contributed by atoms with Crippen LogP contribution in [0.25, 0.3) is 0 Å². The van der Waals surface area contributed by atoms with Crippen molar-refractivity contribution in [2.75, 3.05) is 13.2 Å². The van der Waals surface area contributed by atoms with E-state index < -0.39 is 27.8 Å². The molecule has 1 amide bonds. The number of benzene rings is 1. The van der Waals surface area contributed by atoms with Crippen molar-refractivity contribution in [2.45, 2.75) is 26.7 Å². The molecule has 0 aliphatic rings. The molecule has 0 saturated carbocycles. The summed E-state index contributed by atoms with van der Waals surface area (Å²) in [6.45, 7) is 3.83. The highest BCUT2D eigenvalue weighted by Gasteiger charge is 2.28. The van der Waals surface area contributed by atoms with Gasteiger partial charge in [-0.05, 0) is 25.0 Å². The number of amides is 1. The second kappa shape index (κ2) is 7.12. The lowest BCUT2D eigenvalue weighted by atomic mass is 9.83. The van der Waals surface area contributed by atoms with Gasteiger partial charge in [0.1, 0.15) is 11.4 Å². The van der Waals surface area contributed by atoms with E-state index in [4.69, 9.17) is 0 Å². The van der Waals surface area contributed by atoms with Gasteiger partial charge in [0.2, 0.25) is 0 Å². The second-order valence-electron chi connectivity index (χ2n) is 4.97. The summed E-state index contributed by atoms with van der Waals surface area (Å²) in [5, 5.41) is 22.8. The van der Waals surface area contributed by atoms with Crippen LogP contribution in [-0.4, -0.2) is 29.1 Å². The Bertz CT molecular complexity index is 521.